The van der Waals surface area contributed by atoms with Crippen LogP contribution in [0.25, 0.3) is 0 Å². The van der Waals surface area contributed by atoms with E-state index in [0.29, 0.717) is 6.54 Å². The molecule has 0 aliphatic heterocycles. The molecule has 0 saturated heterocycles. The Morgan fingerprint density at radius 3 is 2.33 bits per heavy atom. The molecule has 106 valence electrons. The first-order valence-corrected chi connectivity index (χ1v) is 7.55. The van der Waals surface area contributed by atoms with E-state index in [9.17, 15) is 9.59 Å². The second-order valence-electron chi connectivity index (χ2n) is 4.87. The topological polar surface area (TPSA) is 57.6 Å². The number of carbonyl (C=O) groups excluding carboxylic acids is 1. The van der Waals surface area contributed by atoms with E-state index in [1.54, 1.807) is 11.8 Å². The average molecular weight is 275 g/mol. The number of unbranched alkanes of at least 4 members (excludes halogenated alkanes) is 1. The Balaban J connectivity index is 4.38. The number of hydrogen-bond acceptors (Lipinski definition) is 3. The van der Waals surface area contributed by atoms with Gasteiger partial charge in [-0.3, -0.25) is 9.59 Å². The molecule has 18 heavy (non-hydrogen) atoms. The normalized spacial score (nSPS) is 12.5. The molecule has 1 unspecified atom stereocenters. The molecule has 0 aromatic heterocycles. The van der Waals surface area contributed by atoms with Gasteiger partial charge in [-0.2, -0.15) is 0 Å². The van der Waals surface area contributed by atoms with Crippen LogP contribution in [0.1, 0.15) is 40.5 Å². The third-order valence-corrected chi connectivity index (χ3v) is 3.66. The lowest BCUT2D eigenvalue weighted by molar-refractivity contribution is -0.144. The maximum atomic E-state index is 12.2. The Morgan fingerprint density at radius 2 is 1.89 bits per heavy atom. The van der Waals surface area contributed by atoms with Crippen molar-refractivity contribution in [2.24, 2.45) is 5.92 Å². The van der Waals surface area contributed by atoms with Crippen LogP contribution in [0.15, 0.2) is 0 Å². The predicted molar refractivity (Wildman–Crippen MR) is 75.9 cm³/mol. The zero-order chi connectivity index (χ0) is 14.1. The van der Waals surface area contributed by atoms with Gasteiger partial charge in [-0.25, -0.2) is 0 Å². The van der Waals surface area contributed by atoms with Gasteiger partial charge in [-0.15, -0.1) is 11.8 Å². The van der Waals surface area contributed by atoms with Crippen LogP contribution in [-0.2, 0) is 9.59 Å². The predicted octanol–water partition coefficient (Wildman–Crippen LogP) is 2.48. The number of carbonyl (C=O) groups is 2. The van der Waals surface area contributed by atoms with Crippen molar-refractivity contribution in [2.75, 3.05) is 18.8 Å². The summed E-state index contributed by atoms with van der Waals surface area (Å²) in [5.74, 6) is 0.217. The van der Waals surface area contributed by atoms with Crippen LogP contribution in [0.4, 0.5) is 0 Å². The summed E-state index contributed by atoms with van der Waals surface area (Å²) >= 11 is 1.61. The highest BCUT2D eigenvalue weighted by atomic mass is 32.2. The van der Waals surface area contributed by atoms with Crippen LogP contribution in [0, 0.1) is 5.92 Å². The fourth-order valence-electron chi connectivity index (χ4n) is 1.57. The maximum Gasteiger partial charge on any atom is 0.323 e. The molecule has 0 bridgehead atoms. The minimum Gasteiger partial charge on any atom is -0.480 e. The zero-order valence-electron chi connectivity index (χ0n) is 11.8. The summed E-state index contributed by atoms with van der Waals surface area (Å²) in [7, 11) is 0. The van der Waals surface area contributed by atoms with Gasteiger partial charge < -0.3 is 10.0 Å². The van der Waals surface area contributed by atoms with Gasteiger partial charge in [0.05, 0.1) is 5.25 Å². The monoisotopic (exact) mass is 275 g/mol. The minimum atomic E-state index is -0.949. The van der Waals surface area contributed by atoms with Gasteiger partial charge in [0.2, 0.25) is 5.91 Å². The van der Waals surface area contributed by atoms with Crippen LogP contribution in [0.5, 0.6) is 0 Å². The summed E-state index contributed by atoms with van der Waals surface area (Å²) in [6, 6.07) is 0. The number of carboxylic acids is 1. The molecule has 0 rings (SSSR count). The van der Waals surface area contributed by atoms with E-state index in [2.05, 4.69) is 6.92 Å². The molecular formula is C13H25NO3S. The zero-order valence-corrected chi connectivity index (χ0v) is 12.6. The molecular weight excluding hydrogens is 250 g/mol. The first-order valence-electron chi connectivity index (χ1n) is 6.50. The van der Waals surface area contributed by atoms with Crippen molar-refractivity contribution < 1.29 is 14.7 Å². The van der Waals surface area contributed by atoms with E-state index in [0.717, 1.165) is 18.6 Å². The molecule has 1 amide bonds. The summed E-state index contributed by atoms with van der Waals surface area (Å²) in [4.78, 5) is 24.4. The molecule has 1 N–H and O–H groups in total. The van der Waals surface area contributed by atoms with E-state index >= 15 is 0 Å². The molecule has 4 nitrogen and oxygen atoms in total. The fourth-order valence-corrected chi connectivity index (χ4v) is 2.67. The van der Waals surface area contributed by atoms with E-state index in [-0.39, 0.29) is 23.6 Å². The third-order valence-electron chi connectivity index (χ3n) is 2.44. The second kappa shape index (κ2) is 9.25. The SMILES string of the molecule is CCCCSC(C)C(=O)N(CC(=O)O)CC(C)C. The van der Waals surface area contributed by atoms with Crippen LogP contribution in [0.3, 0.4) is 0 Å². The number of amides is 1. The number of thioether (sulfide) groups is 1. The average Bonchev–Trinajstić information content (AvgIpc) is 2.26. The largest absolute Gasteiger partial charge is 0.480 e. The lowest BCUT2D eigenvalue weighted by Gasteiger charge is -2.25. The lowest BCUT2D eigenvalue weighted by atomic mass is 10.2. The first-order chi connectivity index (χ1) is 8.38. The van der Waals surface area contributed by atoms with E-state index < -0.39 is 5.97 Å². The van der Waals surface area contributed by atoms with E-state index in [4.69, 9.17) is 5.11 Å². The molecule has 5 heteroatoms. The van der Waals surface area contributed by atoms with Crippen molar-refractivity contribution >= 4 is 23.6 Å². The summed E-state index contributed by atoms with van der Waals surface area (Å²) in [5, 5.41) is 8.68. The quantitative estimate of drug-likeness (QED) is 0.657. The first kappa shape index (κ1) is 17.3. The van der Waals surface area contributed by atoms with E-state index in [1.807, 2.05) is 20.8 Å². The third kappa shape index (κ3) is 7.58. The number of hydrogen-bond donors (Lipinski definition) is 1. The highest BCUT2D eigenvalue weighted by Gasteiger charge is 2.23. The van der Waals surface area contributed by atoms with Crippen molar-refractivity contribution in [1.82, 2.24) is 4.90 Å². The van der Waals surface area contributed by atoms with Crippen molar-refractivity contribution in [3.8, 4) is 0 Å². The Bertz CT molecular complexity index is 269. The van der Waals surface area contributed by atoms with Gasteiger partial charge in [0, 0.05) is 6.54 Å². The summed E-state index contributed by atoms with van der Waals surface area (Å²) in [6.45, 7) is 8.24. The fraction of sp³-hybridized carbons (Fsp3) is 0.846. The van der Waals surface area contributed by atoms with Crippen LogP contribution in [-0.4, -0.2) is 46.0 Å². The Morgan fingerprint density at radius 1 is 1.28 bits per heavy atom. The molecule has 0 fully saturated rings. The molecule has 0 heterocycles. The lowest BCUT2D eigenvalue weighted by Crippen LogP contribution is -2.42. The second-order valence-corrected chi connectivity index (χ2v) is 6.32. The molecule has 1 atom stereocenters. The van der Waals surface area contributed by atoms with Gasteiger partial charge in [0.15, 0.2) is 0 Å². The Labute approximate surface area is 114 Å². The maximum absolute atomic E-state index is 12.2. The molecule has 0 aromatic carbocycles. The molecule has 0 aliphatic rings. The van der Waals surface area contributed by atoms with Crippen LogP contribution >= 0.6 is 11.8 Å². The minimum absolute atomic E-state index is 0.0628. The molecule has 0 radical (unpaired) electrons. The van der Waals surface area contributed by atoms with Crippen molar-refractivity contribution in [3.63, 3.8) is 0 Å². The molecule has 0 spiro atoms. The van der Waals surface area contributed by atoms with Crippen LogP contribution < -0.4 is 0 Å². The highest BCUT2D eigenvalue weighted by Crippen LogP contribution is 2.16. The summed E-state index contributed by atoms with van der Waals surface area (Å²) in [5.41, 5.74) is 0. The van der Waals surface area contributed by atoms with E-state index in [1.165, 1.54) is 4.90 Å². The number of carboxylic acid groups (broad SMARTS) is 1. The number of aliphatic carboxylic acids is 1. The smallest absolute Gasteiger partial charge is 0.323 e. The number of nitrogens with zero attached hydrogens (tertiary/aromatic N) is 1. The Hall–Kier alpha value is -0.710. The molecule has 0 saturated carbocycles. The van der Waals surface area contributed by atoms with Gasteiger partial charge in [0.1, 0.15) is 6.54 Å². The molecule has 0 aromatic rings. The van der Waals surface area contributed by atoms with Gasteiger partial charge in [0.25, 0.3) is 0 Å². The van der Waals surface area contributed by atoms with Crippen molar-refractivity contribution in [2.45, 2.75) is 45.8 Å². The Kier molecular flexibility index (Phi) is 8.89. The van der Waals surface area contributed by atoms with Gasteiger partial charge in [-0.05, 0) is 25.0 Å². The molecule has 0 aliphatic carbocycles. The standard InChI is InChI=1S/C13H25NO3S/c1-5-6-7-18-11(4)13(17)14(8-10(2)3)9-12(15)16/h10-11H,5-9H2,1-4H3,(H,15,16). The van der Waals surface area contributed by atoms with Crippen molar-refractivity contribution in [1.29, 1.82) is 0 Å². The highest BCUT2D eigenvalue weighted by molar-refractivity contribution is 8.00. The summed E-state index contributed by atoms with van der Waals surface area (Å²) < 4.78 is 0. The van der Waals surface area contributed by atoms with Gasteiger partial charge >= 0.3 is 5.97 Å². The number of rotatable bonds is 9. The van der Waals surface area contributed by atoms with Gasteiger partial charge in [-0.1, -0.05) is 27.2 Å². The van der Waals surface area contributed by atoms with Crippen molar-refractivity contribution in [3.05, 3.63) is 0 Å². The van der Waals surface area contributed by atoms with Crippen LogP contribution in [0.2, 0.25) is 0 Å². The summed E-state index contributed by atoms with van der Waals surface area (Å²) in [6.07, 6.45) is 2.20.